The Kier molecular flexibility index (Phi) is 5.84. The van der Waals surface area contributed by atoms with Gasteiger partial charge in [-0.2, -0.15) is 0 Å². The molecule has 0 unspecified atom stereocenters. The summed E-state index contributed by atoms with van der Waals surface area (Å²) in [5, 5.41) is 8.55. The van der Waals surface area contributed by atoms with Crippen LogP contribution in [-0.4, -0.2) is 23.0 Å². The van der Waals surface area contributed by atoms with Gasteiger partial charge in [0.2, 0.25) is 5.88 Å². The molecule has 0 saturated heterocycles. The molecule has 0 aliphatic carbocycles. The first-order valence-electron chi connectivity index (χ1n) is 8.61. The molecular formula is C20H21N5O2. The Morgan fingerprint density at radius 1 is 1.00 bits per heavy atom. The van der Waals surface area contributed by atoms with Crippen LogP contribution in [0.25, 0.3) is 0 Å². The summed E-state index contributed by atoms with van der Waals surface area (Å²) in [6, 6.07) is 16.2. The molecule has 0 aliphatic rings. The number of hydrogen-bond acceptors (Lipinski definition) is 5. The number of carbonyl (C=O) groups excluding carboxylic acids is 1. The molecule has 1 heterocycles. The molecule has 138 valence electrons. The van der Waals surface area contributed by atoms with Crippen molar-refractivity contribution in [3.05, 3.63) is 66.5 Å². The lowest BCUT2D eigenvalue weighted by atomic mass is 10.1. The minimum atomic E-state index is -0.300. The molecule has 3 rings (SSSR count). The number of nitrogens with one attached hydrogen (secondary N) is 3. The van der Waals surface area contributed by atoms with Crippen molar-refractivity contribution in [3.8, 4) is 11.6 Å². The highest BCUT2D eigenvalue weighted by Gasteiger charge is 2.05. The van der Waals surface area contributed by atoms with Gasteiger partial charge < -0.3 is 20.7 Å². The van der Waals surface area contributed by atoms with E-state index in [-0.39, 0.29) is 6.03 Å². The number of urea groups is 1. The Bertz CT molecular complexity index is 912. The highest BCUT2D eigenvalue weighted by atomic mass is 16.5. The number of amides is 2. The number of benzene rings is 2. The summed E-state index contributed by atoms with van der Waals surface area (Å²) in [5.41, 5.74) is 2.58. The number of ether oxygens (including phenoxy) is 1. The molecule has 3 aromatic rings. The van der Waals surface area contributed by atoms with E-state index in [1.54, 1.807) is 37.4 Å². The molecule has 0 spiro atoms. The third kappa shape index (κ3) is 5.18. The van der Waals surface area contributed by atoms with E-state index >= 15 is 0 Å². The van der Waals surface area contributed by atoms with Gasteiger partial charge in [-0.1, -0.05) is 19.1 Å². The fraction of sp³-hybridized carbons (Fsp3) is 0.150. The molecule has 7 heteroatoms. The molecule has 27 heavy (non-hydrogen) atoms. The van der Waals surface area contributed by atoms with Crippen LogP contribution in [0.2, 0.25) is 0 Å². The summed E-state index contributed by atoms with van der Waals surface area (Å²) < 4.78 is 5.68. The van der Waals surface area contributed by atoms with Crippen LogP contribution >= 0.6 is 0 Å². The van der Waals surface area contributed by atoms with E-state index in [1.165, 1.54) is 11.9 Å². The monoisotopic (exact) mass is 363 g/mol. The van der Waals surface area contributed by atoms with E-state index in [2.05, 4.69) is 32.8 Å². The van der Waals surface area contributed by atoms with Crippen LogP contribution in [-0.2, 0) is 6.42 Å². The maximum absolute atomic E-state index is 12.2. The number of hydrogen-bond donors (Lipinski definition) is 3. The molecule has 2 aromatic carbocycles. The van der Waals surface area contributed by atoms with Crippen LogP contribution < -0.4 is 20.7 Å². The molecule has 3 N–H and O–H groups in total. The number of rotatable bonds is 6. The first-order chi connectivity index (χ1) is 13.2. The van der Waals surface area contributed by atoms with Crippen LogP contribution in [0.3, 0.4) is 0 Å². The average Bonchev–Trinajstić information content (AvgIpc) is 2.69. The SMILES string of the molecule is CCc1cccc(NC(=O)Nc2ccc(Oc3cc(NC)ncn3)cc2)c1. The zero-order valence-electron chi connectivity index (χ0n) is 15.2. The first-order valence-corrected chi connectivity index (χ1v) is 8.61. The van der Waals surface area contributed by atoms with Gasteiger partial charge in [-0.25, -0.2) is 14.8 Å². The quantitative estimate of drug-likeness (QED) is 0.599. The number of aromatic nitrogens is 2. The lowest BCUT2D eigenvalue weighted by Gasteiger charge is -2.10. The molecule has 0 aliphatic heterocycles. The van der Waals surface area contributed by atoms with Crippen molar-refractivity contribution < 1.29 is 9.53 Å². The van der Waals surface area contributed by atoms with Crippen LogP contribution in [0.1, 0.15) is 12.5 Å². The second kappa shape index (κ2) is 8.66. The van der Waals surface area contributed by atoms with Crippen molar-refractivity contribution in [1.82, 2.24) is 9.97 Å². The van der Waals surface area contributed by atoms with Crippen LogP contribution in [0.5, 0.6) is 11.6 Å². The molecule has 0 atom stereocenters. The summed E-state index contributed by atoms with van der Waals surface area (Å²) in [6.07, 6.45) is 2.34. The zero-order chi connectivity index (χ0) is 19.1. The summed E-state index contributed by atoms with van der Waals surface area (Å²) in [5.74, 6) is 1.71. The van der Waals surface area contributed by atoms with Crippen LogP contribution in [0.4, 0.5) is 22.0 Å². The number of carbonyl (C=O) groups is 1. The van der Waals surface area contributed by atoms with Gasteiger partial charge in [-0.3, -0.25) is 0 Å². The predicted octanol–water partition coefficient (Wildman–Crippen LogP) is 4.52. The smallest absolute Gasteiger partial charge is 0.323 e. The molecule has 7 nitrogen and oxygen atoms in total. The van der Waals surface area contributed by atoms with E-state index < -0.39 is 0 Å². The van der Waals surface area contributed by atoms with Crippen molar-refractivity contribution >= 4 is 23.2 Å². The fourth-order valence-electron chi connectivity index (χ4n) is 2.42. The Labute approximate surface area is 157 Å². The second-order valence-corrected chi connectivity index (χ2v) is 5.75. The van der Waals surface area contributed by atoms with Gasteiger partial charge in [-0.05, 0) is 48.4 Å². The number of nitrogens with zero attached hydrogens (tertiary/aromatic N) is 2. The van der Waals surface area contributed by atoms with Gasteiger partial charge in [0.1, 0.15) is 17.9 Å². The normalized spacial score (nSPS) is 10.1. The summed E-state index contributed by atoms with van der Waals surface area (Å²) in [4.78, 5) is 20.2. The maximum atomic E-state index is 12.2. The zero-order valence-corrected chi connectivity index (χ0v) is 15.2. The van der Waals surface area contributed by atoms with Gasteiger partial charge in [0.15, 0.2) is 0 Å². The Balaban J connectivity index is 1.58. The largest absolute Gasteiger partial charge is 0.439 e. The van der Waals surface area contributed by atoms with Crippen molar-refractivity contribution in [3.63, 3.8) is 0 Å². The van der Waals surface area contributed by atoms with Crippen LogP contribution in [0.15, 0.2) is 60.9 Å². The summed E-state index contributed by atoms with van der Waals surface area (Å²) in [6.45, 7) is 2.07. The summed E-state index contributed by atoms with van der Waals surface area (Å²) >= 11 is 0. The Morgan fingerprint density at radius 3 is 2.52 bits per heavy atom. The van der Waals surface area contributed by atoms with Crippen molar-refractivity contribution in [2.24, 2.45) is 0 Å². The third-order valence-corrected chi connectivity index (χ3v) is 3.83. The average molecular weight is 363 g/mol. The minimum Gasteiger partial charge on any atom is -0.439 e. The minimum absolute atomic E-state index is 0.300. The molecule has 0 fully saturated rings. The third-order valence-electron chi connectivity index (χ3n) is 3.83. The van der Waals surface area contributed by atoms with Gasteiger partial charge in [-0.15, -0.1) is 0 Å². The van der Waals surface area contributed by atoms with Gasteiger partial charge in [0.05, 0.1) is 0 Å². The van der Waals surface area contributed by atoms with E-state index in [1.807, 2.05) is 24.3 Å². The van der Waals surface area contributed by atoms with Crippen molar-refractivity contribution in [2.75, 3.05) is 23.0 Å². The van der Waals surface area contributed by atoms with Crippen molar-refractivity contribution in [1.29, 1.82) is 0 Å². The molecule has 2 amide bonds. The molecule has 0 bridgehead atoms. The predicted molar refractivity (Wildman–Crippen MR) is 107 cm³/mol. The Hall–Kier alpha value is -3.61. The lowest BCUT2D eigenvalue weighted by Crippen LogP contribution is -2.19. The fourth-order valence-corrected chi connectivity index (χ4v) is 2.42. The van der Waals surface area contributed by atoms with E-state index in [0.717, 1.165) is 12.1 Å². The highest BCUT2D eigenvalue weighted by Crippen LogP contribution is 2.22. The Morgan fingerprint density at radius 2 is 1.78 bits per heavy atom. The van der Waals surface area contributed by atoms with Gasteiger partial charge in [0, 0.05) is 24.5 Å². The second-order valence-electron chi connectivity index (χ2n) is 5.75. The molecule has 0 radical (unpaired) electrons. The number of aryl methyl sites for hydroxylation is 1. The lowest BCUT2D eigenvalue weighted by molar-refractivity contribution is 0.262. The molecule has 1 aromatic heterocycles. The van der Waals surface area contributed by atoms with E-state index in [4.69, 9.17) is 4.74 Å². The topological polar surface area (TPSA) is 88.2 Å². The molecular weight excluding hydrogens is 342 g/mol. The van der Waals surface area contributed by atoms with E-state index in [9.17, 15) is 4.79 Å². The standard InChI is InChI=1S/C20H21N5O2/c1-3-14-5-4-6-16(11-14)25-20(26)24-15-7-9-17(10-8-15)27-19-12-18(21-2)22-13-23-19/h4-13H,3H2,1-2H3,(H,21,22,23)(H2,24,25,26). The molecule has 0 saturated carbocycles. The maximum Gasteiger partial charge on any atom is 0.323 e. The first kappa shape index (κ1) is 18.2. The van der Waals surface area contributed by atoms with Gasteiger partial charge in [0.25, 0.3) is 0 Å². The van der Waals surface area contributed by atoms with Crippen molar-refractivity contribution in [2.45, 2.75) is 13.3 Å². The summed E-state index contributed by atoms with van der Waals surface area (Å²) in [7, 11) is 1.77. The number of anilines is 3. The highest BCUT2D eigenvalue weighted by molar-refractivity contribution is 5.99. The van der Waals surface area contributed by atoms with Gasteiger partial charge >= 0.3 is 6.03 Å². The van der Waals surface area contributed by atoms with Crippen LogP contribution in [0, 0.1) is 0 Å². The van der Waals surface area contributed by atoms with E-state index in [0.29, 0.717) is 23.1 Å².